The summed E-state index contributed by atoms with van der Waals surface area (Å²) in [6.07, 6.45) is 3.42. The molecule has 0 spiro atoms. The van der Waals surface area contributed by atoms with Gasteiger partial charge in [0.25, 0.3) is 5.56 Å². The molecule has 1 N–H and O–H groups in total. The molecular weight excluding hydrogens is 589 g/mol. The zero-order valence-electron chi connectivity index (χ0n) is 25.4. The minimum atomic E-state index is -3.97. The monoisotopic (exact) mass is 630 g/mol. The number of para-hydroxylation sites is 2. The number of piperidine rings is 1. The number of hydrogen-bond donors (Lipinski definition) is 1. The zero-order chi connectivity index (χ0) is 30.7. The molecule has 0 radical (unpaired) electrons. The number of sulfonamides is 1. The molecule has 1 amide bonds. The van der Waals surface area contributed by atoms with E-state index in [1.807, 2.05) is 24.3 Å². The number of hydrogen-bond acceptors (Lipinski definition) is 9. The Balaban J connectivity index is 1.25. The van der Waals surface area contributed by atoms with Crippen molar-refractivity contribution in [1.82, 2.24) is 24.1 Å². The second kappa shape index (κ2) is 13.3. The number of likely N-dealkylation sites (tertiary alicyclic amines) is 1. The van der Waals surface area contributed by atoms with Crippen molar-refractivity contribution in [2.24, 2.45) is 11.8 Å². The molecule has 2 aliphatic heterocycles. The lowest BCUT2D eigenvalue weighted by Gasteiger charge is -2.35. The Morgan fingerprint density at radius 1 is 1.12 bits per heavy atom. The summed E-state index contributed by atoms with van der Waals surface area (Å²) in [5.41, 5.74) is 0.396. The van der Waals surface area contributed by atoms with Crippen LogP contribution < -0.4 is 20.5 Å². The molecule has 2 atom stereocenters. The number of thiophene rings is 1. The minimum absolute atomic E-state index is 0.00418. The second-order valence-corrected chi connectivity index (χ2v) is 14.9. The van der Waals surface area contributed by atoms with Crippen LogP contribution in [0.5, 0.6) is 5.75 Å². The van der Waals surface area contributed by atoms with E-state index in [1.54, 1.807) is 14.0 Å². The van der Waals surface area contributed by atoms with Crippen LogP contribution in [-0.2, 0) is 21.4 Å². The maximum absolute atomic E-state index is 13.9. The number of piperazine rings is 1. The van der Waals surface area contributed by atoms with Gasteiger partial charge in [0.05, 0.1) is 24.5 Å². The number of carbonyl (C=O) groups excluding carboxylic acids is 1. The SMILES string of the molecule is COc1ccccc1N1CCN(S(=O)(=O)c2c(C)sc3ncn(CC(=O)NCCCN4C[C@H](C)C[C@@H](C)C4)c(=O)c23)CC1. The van der Waals surface area contributed by atoms with E-state index in [4.69, 9.17) is 4.74 Å². The Morgan fingerprint density at radius 2 is 1.81 bits per heavy atom. The molecule has 2 aromatic heterocycles. The van der Waals surface area contributed by atoms with E-state index in [0.29, 0.717) is 41.2 Å². The average Bonchev–Trinajstić information content (AvgIpc) is 3.34. The molecule has 0 aliphatic carbocycles. The van der Waals surface area contributed by atoms with Crippen molar-refractivity contribution in [2.75, 3.05) is 64.4 Å². The highest BCUT2D eigenvalue weighted by Crippen LogP contribution is 2.34. The highest BCUT2D eigenvalue weighted by molar-refractivity contribution is 7.89. The van der Waals surface area contributed by atoms with E-state index in [0.717, 1.165) is 37.5 Å². The fourth-order valence-corrected chi connectivity index (χ4v) is 9.53. The Bertz CT molecular complexity index is 1600. The minimum Gasteiger partial charge on any atom is -0.495 e. The second-order valence-electron chi connectivity index (χ2n) is 11.8. The van der Waals surface area contributed by atoms with Gasteiger partial charge in [0.1, 0.15) is 22.0 Å². The third kappa shape index (κ3) is 6.89. The fraction of sp³-hybridized carbons (Fsp3) is 0.567. The number of anilines is 1. The van der Waals surface area contributed by atoms with E-state index in [1.165, 1.54) is 33.0 Å². The van der Waals surface area contributed by atoms with Gasteiger partial charge in [0, 0.05) is 50.7 Å². The number of nitrogens with zero attached hydrogens (tertiary/aromatic N) is 5. The van der Waals surface area contributed by atoms with Crippen LogP contribution in [0.4, 0.5) is 5.69 Å². The Labute approximate surface area is 257 Å². The van der Waals surface area contributed by atoms with Crippen molar-refractivity contribution >= 4 is 43.2 Å². The van der Waals surface area contributed by atoms with Crippen LogP contribution in [0.2, 0.25) is 0 Å². The predicted octanol–water partition coefficient (Wildman–Crippen LogP) is 2.77. The number of amides is 1. The molecule has 5 rings (SSSR count). The first kappa shape index (κ1) is 31.4. The molecule has 2 fully saturated rings. The third-order valence-corrected chi connectivity index (χ3v) is 11.5. The van der Waals surface area contributed by atoms with Gasteiger partial charge >= 0.3 is 0 Å². The van der Waals surface area contributed by atoms with Crippen LogP contribution in [0.25, 0.3) is 10.2 Å². The largest absolute Gasteiger partial charge is 0.495 e. The smallest absolute Gasteiger partial charge is 0.263 e. The number of ether oxygens (including phenoxy) is 1. The van der Waals surface area contributed by atoms with Gasteiger partial charge in [-0.1, -0.05) is 26.0 Å². The third-order valence-electron chi connectivity index (χ3n) is 8.29. The van der Waals surface area contributed by atoms with E-state index >= 15 is 0 Å². The molecular formula is C30H42N6O5S2. The molecule has 0 bridgehead atoms. The summed E-state index contributed by atoms with van der Waals surface area (Å²) < 4.78 is 35.9. The molecule has 4 heterocycles. The highest BCUT2D eigenvalue weighted by atomic mass is 32.2. The predicted molar refractivity (Wildman–Crippen MR) is 170 cm³/mol. The van der Waals surface area contributed by atoms with Crippen molar-refractivity contribution in [1.29, 1.82) is 0 Å². The van der Waals surface area contributed by atoms with Gasteiger partial charge in [-0.25, -0.2) is 13.4 Å². The lowest BCUT2D eigenvalue weighted by atomic mass is 9.92. The van der Waals surface area contributed by atoms with Crippen molar-refractivity contribution in [2.45, 2.75) is 45.1 Å². The van der Waals surface area contributed by atoms with Gasteiger partial charge in [0.2, 0.25) is 15.9 Å². The molecule has 2 saturated heterocycles. The first-order valence-electron chi connectivity index (χ1n) is 14.9. The summed E-state index contributed by atoms with van der Waals surface area (Å²) in [5.74, 6) is 1.81. The summed E-state index contributed by atoms with van der Waals surface area (Å²) in [4.78, 5) is 36.1. The summed E-state index contributed by atoms with van der Waals surface area (Å²) in [6.45, 7) is 11.2. The normalized spacial score (nSPS) is 20.4. The molecule has 234 valence electrons. The van der Waals surface area contributed by atoms with Crippen LogP contribution in [-0.4, -0.2) is 92.5 Å². The number of benzene rings is 1. The van der Waals surface area contributed by atoms with E-state index in [-0.39, 0.29) is 35.8 Å². The molecule has 13 heteroatoms. The Morgan fingerprint density at radius 3 is 2.51 bits per heavy atom. The molecule has 1 aromatic carbocycles. The van der Waals surface area contributed by atoms with Gasteiger partial charge in [-0.05, 0) is 50.3 Å². The first-order valence-corrected chi connectivity index (χ1v) is 17.2. The van der Waals surface area contributed by atoms with Gasteiger partial charge in [-0.2, -0.15) is 4.31 Å². The average molecular weight is 631 g/mol. The van der Waals surface area contributed by atoms with E-state index < -0.39 is 15.6 Å². The van der Waals surface area contributed by atoms with Crippen molar-refractivity contribution in [3.63, 3.8) is 0 Å². The summed E-state index contributed by atoms with van der Waals surface area (Å²) in [6, 6.07) is 7.67. The van der Waals surface area contributed by atoms with Gasteiger partial charge in [-0.3, -0.25) is 14.2 Å². The summed E-state index contributed by atoms with van der Waals surface area (Å²) >= 11 is 1.18. The Kier molecular flexibility index (Phi) is 9.74. The van der Waals surface area contributed by atoms with Crippen LogP contribution in [0, 0.1) is 18.8 Å². The number of rotatable bonds is 10. The fourth-order valence-electron chi connectivity index (χ4n) is 6.44. The standard InChI is InChI=1S/C30H42N6O5S2/c1-21-16-22(2)18-33(17-21)11-7-10-31-26(37)19-35-20-32-29-27(30(35)38)28(23(3)42-29)43(39,40)36-14-12-34(13-15-36)24-8-5-6-9-25(24)41-4/h5-6,8-9,20-22H,7,10-19H2,1-4H3,(H,31,37)/t21-,22-/m1/s1. The molecule has 3 aromatic rings. The molecule has 43 heavy (non-hydrogen) atoms. The molecule has 11 nitrogen and oxygen atoms in total. The van der Waals surface area contributed by atoms with E-state index in [9.17, 15) is 18.0 Å². The highest BCUT2D eigenvalue weighted by Gasteiger charge is 2.34. The van der Waals surface area contributed by atoms with E-state index in [2.05, 4.69) is 33.9 Å². The van der Waals surface area contributed by atoms with Crippen molar-refractivity contribution in [3.8, 4) is 5.75 Å². The first-order chi connectivity index (χ1) is 20.6. The van der Waals surface area contributed by atoms with Crippen LogP contribution in [0.3, 0.4) is 0 Å². The molecule has 0 unspecified atom stereocenters. The van der Waals surface area contributed by atoms with Gasteiger partial charge in [0.15, 0.2) is 0 Å². The number of methoxy groups -OCH3 is 1. The van der Waals surface area contributed by atoms with Crippen LogP contribution >= 0.6 is 11.3 Å². The van der Waals surface area contributed by atoms with Crippen molar-refractivity contribution in [3.05, 3.63) is 45.8 Å². The lowest BCUT2D eigenvalue weighted by Crippen LogP contribution is -2.49. The maximum atomic E-state index is 13.9. The number of aromatic nitrogens is 2. The summed E-state index contributed by atoms with van der Waals surface area (Å²) in [5, 5.41) is 2.96. The van der Waals surface area contributed by atoms with Crippen molar-refractivity contribution < 1.29 is 17.9 Å². The maximum Gasteiger partial charge on any atom is 0.263 e. The van der Waals surface area contributed by atoms with Crippen LogP contribution in [0.1, 0.15) is 31.6 Å². The van der Waals surface area contributed by atoms with Gasteiger partial charge < -0.3 is 19.9 Å². The topological polar surface area (TPSA) is 117 Å². The molecule has 0 saturated carbocycles. The number of fused-ring (bicyclic) bond motifs is 1. The number of aryl methyl sites for hydroxylation is 1. The zero-order valence-corrected chi connectivity index (χ0v) is 27.0. The quantitative estimate of drug-likeness (QED) is 0.340. The lowest BCUT2D eigenvalue weighted by molar-refractivity contribution is -0.121. The van der Waals surface area contributed by atoms with Gasteiger partial charge in [-0.15, -0.1) is 11.3 Å². The van der Waals surface area contributed by atoms with Crippen LogP contribution in [0.15, 0.2) is 40.3 Å². The molecule has 2 aliphatic rings. The summed E-state index contributed by atoms with van der Waals surface area (Å²) in [7, 11) is -2.36. The number of nitrogens with one attached hydrogen (secondary N) is 1. The number of carbonyl (C=O) groups is 1. The Hall–Kier alpha value is -3.00.